The van der Waals surface area contributed by atoms with E-state index in [2.05, 4.69) is 37.4 Å². The number of benzene rings is 1. The molecule has 0 saturated heterocycles. The van der Waals surface area contributed by atoms with Crippen molar-refractivity contribution in [3.63, 3.8) is 0 Å². The van der Waals surface area contributed by atoms with Gasteiger partial charge in [-0.2, -0.15) is 0 Å². The Morgan fingerprint density at radius 2 is 2.19 bits per heavy atom. The van der Waals surface area contributed by atoms with Crippen LogP contribution in [0.1, 0.15) is 44.2 Å². The molecule has 1 aliphatic heterocycles. The minimum absolute atomic E-state index is 0.0604. The number of para-hydroxylation sites is 1. The number of ether oxygens (including phenoxy) is 2. The van der Waals surface area contributed by atoms with E-state index >= 15 is 0 Å². The van der Waals surface area contributed by atoms with E-state index in [1.807, 2.05) is 0 Å². The predicted octanol–water partition coefficient (Wildman–Crippen LogP) is 3.31. The van der Waals surface area contributed by atoms with Crippen LogP contribution in [0.3, 0.4) is 0 Å². The Labute approximate surface area is 128 Å². The van der Waals surface area contributed by atoms with Crippen LogP contribution >= 0.6 is 0 Å². The molecule has 1 saturated carbocycles. The van der Waals surface area contributed by atoms with E-state index < -0.39 is 0 Å². The highest BCUT2D eigenvalue weighted by molar-refractivity contribution is 5.45. The number of fused-ring (bicyclic) bond motifs is 1. The lowest BCUT2D eigenvalue weighted by Gasteiger charge is -2.18. The molecule has 116 valence electrons. The smallest absolute Gasteiger partial charge is 0.127 e. The summed E-state index contributed by atoms with van der Waals surface area (Å²) in [7, 11) is 0. The molecule has 0 aromatic heterocycles. The van der Waals surface area contributed by atoms with Crippen molar-refractivity contribution in [2.75, 3.05) is 19.8 Å². The number of nitrogens with one attached hydrogen (secondary N) is 1. The zero-order valence-corrected chi connectivity index (χ0v) is 13.3. The molecule has 0 amide bonds. The van der Waals surface area contributed by atoms with Crippen LogP contribution in [0.5, 0.6) is 5.75 Å². The van der Waals surface area contributed by atoms with Crippen molar-refractivity contribution < 1.29 is 9.47 Å². The molecule has 0 radical (unpaired) electrons. The number of rotatable bonds is 8. The lowest BCUT2D eigenvalue weighted by molar-refractivity contribution is 0.122. The molecule has 1 aliphatic carbocycles. The second-order valence-electron chi connectivity index (χ2n) is 6.99. The molecule has 1 aromatic carbocycles. The molecule has 0 bridgehead atoms. The summed E-state index contributed by atoms with van der Waals surface area (Å²) in [6.07, 6.45) is 4.82. The molecular formula is C18H27NO2. The molecule has 0 unspecified atom stereocenters. The van der Waals surface area contributed by atoms with E-state index in [9.17, 15) is 0 Å². The van der Waals surface area contributed by atoms with Gasteiger partial charge in [0.05, 0.1) is 0 Å². The van der Waals surface area contributed by atoms with E-state index in [0.717, 1.165) is 50.8 Å². The van der Waals surface area contributed by atoms with Crippen molar-refractivity contribution in [3.05, 3.63) is 29.3 Å². The summed E-state index contributed by atoms with van der Waals surface area (Å²) in [5.41, 5.74) is 2.55. The fraction of sp³-hybridized carbons (Fsp3) is 0.667. The van der Waals surface area contributed by atoms with E-state index in [1.54, 1.807) is 0 Å². The van der Waals surface area contributed by atoms with Crippen LogP contribution in [0, 0.1) is 5.92 Å². The van der Waals surface area contributed by atoms with Crippen molar-refractivity contribution in [3.8, 4) is 5.75 Å². The normalized spacial score (nSPS) is 19.3. The molecule has 0 atom stereocenters. The molecule has 1 aromatic rings. The van der Waals surface area contributed by atoms with E-state index in [0.29, 0.717) is 0 Å². The summed E-state index contributed by atoms with van der Waals surface area (Å²) in [6, 6.07) is 6.48. The Bertz CT molecular complexity index is 480. The highest BCUT2D eigenvalue weighted by atomic mass is 16.5. The Kier molecular flexibility index (Phi) is 4.51. The maximum atomic E-state index is 6.09. The van der Waals surface area contributed by atoms with Gasteiger partial charge in [-0.15, -0.1) is 0 Å². The topological polar surface area (TPSA) is 30.5 Å². The summed E-state index contributed by atoms with van der Waals surface area (Å²) in [4.78, 5) is 0. The first-order valence-electron chi connectivity index (χ1n) is 8.22. The Morgan fingerprint density at radius 1 is 1.33 bits per heavy atom. The van der Waals surface area contributed by atoms with Gasteiger partial charge in [0, 0.05) is 31.7 Å². The van der Waals surface area contributed by atoms with Crippen LogP contribution in [0.4, 0.5) is 0 Å². The highest BCUT2D eigenvalue weighted by Crippen LogP contribution is 2.37. The zero-order valence-electron chi connectivity index (χ0n) is 13.3. The van der Waals surface area contributed by atoms with Gasteiger partial charge < -0.3 is 14.8 Å². The molecule has 3 nitrogen and oxygen atoms in total. The third kappa shape index (κ3) is 4.21. The second-order valence-corrected chi connectivity index (χ2v) is 6.99. The van der Waals surface area contributed by atoms with Crippen molar-refractivity contribution in [1.29, 1.82) is 0 Å². The lowest BCUT2D eigenvalue weighted by atomic mass is 10.0. The zero-order chi connectivity index (χ0) is 14.7. The SMILES string of the molecule is CC1(C)Cc2cccc(CNCCCOCC3CC3)c2O1. The Hall–Kier alpha value is -1.06. The second kappa shape index (κ2) is 6.37. The summed E-state index contributed by atoms with van der Waals surface area (Å²) in [5, 5.41) is 3.50. The molecule has 3 rings (SSSR count). The van der Waals surface area contributed by atoms with Crippen molar-refractivity contribution in [2.45, 2.75) is 51.7 Å². The van der Waals surface area contributed by atoms with Gasteiger partial charge >= 0.3 is 0 Å². The van der Waals surface area contributed by atoms with Crippen LogP contribution in [-0.2, 0) is 17.7 Å². The average Bonchev–Trinajstić information content (AvgIpc) is 3.19. The molecular weight excluding hydrogens is 262 g/mol. The average molecular weight is 289 g/mol. The summed E-state index contributed by atoms with van der Waals surface area (Å²) in [6.45, 7) is 8.03. The van der Waals surface area contributed by atoms with E-state index in [-0.39, 0.29) is 5.60 Å². The first-order valence-corrected chi connectivity index (χ1v) is 8.22. The van der Waals surface area contributed by atoms with Crippen molar-refractivity contribution in [1.82, 2.24) is 5.32 Å². The molecule has 1 fully saturated rings. The predicted molar refractivity (Wildman–Crippen MR) is 84.7 cm³/mol. The highest BCUT2D eigenvalue weighted by Gasteiger charge is 2.31. The van der Waals surface area contributed by atoms with Gasteiger partial charge in [0.1, 0.15) is 11.4 Å². The van der Waals surface area contributed by atoms with Crippen molar-refractivity contribution >= 4 is 0 Å². The van der Waals surface area contributed by atoms with E-state index in [1.165, 1.54) is 24.0 Å². The molecule has 21 heavy (non-hydrogen) atoms. The van der Waals surface area contributed by atoms with Gasteiger partial charge in [-0.3, -0.25) is 0 Å². The molecule has 0 spiro atoms. The number of hydrogen-bond donors (Lipinski definition) is 1. The van der Waals surface area contributed by atoms with E-state index in [4.69, 9.17) is 9.47 Å². The Morgan fingerprint density at radius 3 is 3.00 bits per heavy atom. The molecule has 1 heterocycles. The maximum Gasteiger partial charge on any atom is 0.127 e. The van der Waals surface area contributed by atoms with Gasteiger partial charge in [0.2, 0.25) is 0 Å². The minimum atomic E-state index is -0.0604. The fourth-order valence-electron chi connectivity index (χ4n) is 2.88. The van der Waals surface area contributed by atoms with Gasteiger partial charge in [-0.25, -0.2) is 0 Å². The standard InChI is InChI=1S/C18H27NO2/c1-18(2)11-15-5-3-6-16(17(15)21-18)12-19-9-4-10-20-13-14-7-8-14/h3,5-6,14,19H,4,7-13H2,1-2H3. The summed E-state index contributed by atoms with van der Waals surface area (Å²) >= 11 is 0. The van der Waals surface area contributed by atoms with Gasteiger partial charge in [-0.05, 0) is 51.1 Å². The van der Waals surface area contributed by atoms with Crippen LogP contribution in [0.2, 0.25) is 0 Å². The Balaban J connectivity index is 1.38. The monoisotopic (exact) mass is 289 g/mol. The van der Waals surface area contributed by atoms with Gasteiger partial charge in [0.25, 0.3) is 0 Å². The minimum Gasteiger partial charge on any atom is -0.487 e. The third-order valence-electron chi connectivity index (χ3n) is 4.18. The molecule has 1 N–H and O–H groups in total. The molecule has 2 aliphatic rings. The molecule has 3 heteroatoms. The largest absolute Gasteiger partial charge is 0.487 e. The fourth-order valence-corrected chi connectivity index (χ4v) is 2.88. The third-order valence-corrected chi connectivity index (χ3v) is 4.18. The lowest BCUT2D eigenvalue weighted by Crippen LogP contribution is -2.25. The maximum absolute atomic E-state index is 6.09. The summed E-state index contributed by atoms with van der Waals surface area (Å²) < 4.78 is 11.7. The first-order chi connectivity index (χ1) is 10.1. The van der Waals surface area contributed by atoms with Gasteiger partial charge in [-0.1, -0.05) is 18.2 Å². The number of hydrogen-bond acceptors (Lipinski definition) is 3. The van der Waals surface area contributed by atoms with Crippen LogP contribution in [0.15, 0.2) is 18.2 Å². The van der Waals surface area contributed by atoms with Crippen molar-refractivity contribution in [2.24, 2.45) is 5.92 Å². The summed E-state index contributed by atoms with van der Waals surface area (Å²) in [5.74, 6) is 1.96. The quantitative estimate of drug-likeness (QED) is 0.745. The van der Waals surface area contributed by atoms with Crippen LogP contribution in [-0.4, -0.2) is 25.4 Å². The van der Waals surface area contributed by atoms with Crippen LogP contribution in [0.25, 0.3) is 0 Å². The van der Waals surface area contributed by atoms with Gasteiger partial charge in [0.15, 0.2) is 0 Å². The first kappa shape index (κ1) is 14.9. The van der Waals surface area contributed by atoms with Crippen LogP contribution < -0.4 is 10.1 Å².